The number of carbonyl (C=O) groups is 1. The maximum atomic E-state index is 12.7. The molecule has 2 rings (SSSR count). The number of hydrogen-bond donors (Lipinski definition) is 4. The van der Waals surface area contributed by atoms with Gasteiger partial charge in [-0.2, -0.15) is 0 Å². The van der Waals surface area contributed by atoms with Gasteiger partial charge in [0.05, 0.1) is 12.4 Å². The summed E-state index contributed by atoms with van der Waals surface area (Å²) < 4.78 is 28.3. The topological polar surface area (TPSA) is 131 Å². The van der Waals surface area contributed by atoms with Crippen LogP contribution >= 0.6 is 0 Å². The summed E-state index contributed by atoms with van der Waals surface area (Å²) in [6.45, 7) is 6.10. The molecular formula is C23H35N5O5S. The Kier molecular flexibility index (Phi) is 12.6. The second kappa shape index (κ2) is 14.9. The number of hydroxylamine groups is 1. The van der Waals surface area contributed by atoms with Gasteiger partial charge in [0.2, 0.25) is 15.9 Å². The van der Waals surface area contributed by atoms with Crippen LogP contribution in [0.3, 0.4) is 0 Å². The molecule has 0 aliphatic carbocycles. The first kappa shape index (κ1) is 28.9. The molecule has 34 heavy (non-hydrogen) atoms. The normalized spacial score (nSPS) is 10.5. The SMILES string of the molecule is CNC=C(C)C.CNOCCNC(=O)Cn1c(C)ccc(NS(=O)(=O)Cc2ccccc2)c1=O. The van der Waals surface area contributed by atoms with Gasteiger partial charge in [0.25, 0.3) is 5.56 Å². The molecule has 0 saturated carbocycles. The number of aromatic nitrogens is 1. The molecule has 1 aromatic heterocycles. The summed E-state index contributed by atoms with van der Waals surface area (Å²) in [5, 5.41) is 5.52. The Balaban J connectivity index is 0.000000852. The Hall–Kier alpha value is -3.15. The van der Waals surface area contributed by atoms with Crippen molar-refractivity contribution in [3.63, 3.8) is 0 Å². The minimum absolute atomic E-state index is 0.104. The zero-order valence-corrected chi connectivity index (χ0v) is 21.2. The first-order valence-electron chi connectivity index (χ1n) is 10.7. The molecule has 0 fully saturated rings. The van der Waals surface area contributed by atoms with E-state index in [0.29, 0.717) is 11.3 Å². The number of aryl methyl sites for hydroxylation is 1. The van der Waals surface area contributed by atoms with Crippen LogP contribution in [0.1, 0.15) is 25.1 Å². The van der Waals surface area contributed by atoms with E-state index < -0.39 is 15.6 Å². The summed E-state index contributed by atoms with van der Waals surface area (Å²) in [6, 6.07) is 11.6. The van der Waals surface area contributed by atoms with Crippen LogP contribution in [0.5, 0.6) is 0 Å². The highest BCUT2D eigenvalue weighted by Crippen LogP contribution is 2.10. The van der Waals surface area contributed by atoms with Gasteiger partial charge >= 0.3 is 0 Å². The van der Waals surface area contributed by atoms with Gasteiger partial charge in [-0.25, -0.2) is 13.9 Å². The summed E-state index contributed by atoms with van der Waals surface area (Å²) in [6.07, 6.45) is 1.96. The third-order valence-electron chi connectivity index (χ3n) is 4.26. The van der Waals surface area contributed by atoms with E-state index in [1.165, 1.54) is 16.2 Å². The number of benzene rings is 1. The van der Waals surface area contributed by atoms with Gasteiger partial charge in [-0.15, -0.1) is 0 Å². The lowest BCUT2D eigenvalue weighted by molar-refractivity contribution is -0.122. The van der Waals surface area contributed by atoms with Crippen LogP contribution in [-0.2, 0) is 32.0 Å². The van der Waals surface area contributed by atoms with Crippen molar-refractivity contribution in [3.8, 4) is 0 Å². The predicted octanol–water partition coefficient (Wildman–Crippen LogP) is 1.50. The Morgan fingerprint density at radius 2 is 1.76 bits per heavy atom. The molecular weight excluding hydrogens is 458 g/mol. The predicted molar refractivity (Wildman–Crippen MR) is 135 cm³/mol. The van der Waals surface area contributed by atoms with Crippen molar-refractivity contribution >= 4 is 21.6 Å². The molecule has 0 atom stereocenters. The van der Waals surface area contributed by atoms with Crippen molar-refractivity contribution in [1.29, 1.82) is 0 Å². The quantitative estimate of drug-likeness (QED) is 0.276. The van der Waals surface area contributed by atoms with E-state index in [-0.39, 0.29) is 37.0 Å². The Bertz CT molecular complexity index is 1090. The number of nitrogens with one attached hydrogen (secondary N) is 4. The van der Waals surface area contributed by atoms with Crippen LogP contribution < -0.4 is 26.4 Å². The average Bonchev–Trinajstić information content (AvgIpc) is 2.77. The van der Waals surface area contributed by atoms with Crippen molar-refractivity contribution < 1.29 is 18.0 Å². The van der Waals surface area contributed by atoms with Gasteiger partial charge in [0.15, 0.2) is 0 Å². The van der Waals surface area contributed by atoms with Crippen molar-refractivity contribution in [3.05, 3.63) is 75.8 Å². The number of amides is 1. The van der Waals surface area contributed by atoms with E-state index in [2.05, 4.69) is 34.7 Å². The molecule has 0 bridgehead atoms. The van der Waals surface area contributed by atoms with E-state index >= 15 is 0 Å². The number of nitrogens with zero attached hydrogens (tertiary/aromatic N) is 1. The fourth-order valence-corrected chi connectivity index (χ4v) is 3.97. The van der Waals surface area contributed by atoms with Crippen molar-refractivity contribution in [2.75, 3.05) is 32.0 Å². The van der Waals surface area contributed by atoms with Gasteiger partial charge < -0.3 is 20.0 Å². The van der Waals surface area contributed by atoms with Crippen LogP contribution in [-0.4, -0.2) is 46.1 Å². The molecule has 4 N–H and O–H groups in total. The largest absolute Gasteiger partial charge is 0.394 e. The van der Waals surface area contributed by atoms with Crippen molar-refractivity contribution in [1.82, 2.24) is 20.7 Å². The van der Waals surface area contributed by atoms with Crippen LogP contribution in [0.2, 0.25) is 0 Å². The van der Waals surface area contributed by atoms with Crippen LogP contribution in [0.25, 0.3) is 0 Å². The highest BCUT2D eigenvalue weighted by atomic mass is 32.2. The van der Waals surface area contributed by atoms with E-state index in [1.807, 2.05) is 13.2 Å². The number of carbonyl (C=O) groups excluding carboxylic acids is 1. The summed E-state index contributed by atoms with van der Waals surface area (Å²) in [7, 11) is -0.274. The molecule has 0 saturated heterocycles. The molecule has 0 aliphatic rings. The van der Waals surface area contributed by atoms with Gasteiger partial charge in [0.1, 0.15) is 12.2 Å². The number of allylic oxidation sites excluding steroid dienone is 1. The maximum absolute atomic E-state index is 12.7. The van der Waals surface area contributed by atoms with Gasteiger partial charge in [-0.05, 0) is 44.7 Å². The molecule has 0 aliphatic heterocycles. The molecule has 10 nitrogen and oxygen atoms in total. The first-order valence-corrected chi connectivity index (χ1v) is 12.4. The zero-order valence-electron chi connectivity index (χ0n) is 20.3. The third kappa shape index (κ3) is 11.1. The maximum Gasteiger partial charge on any atom is 0.275 e. The summed E-state index contributed by atoms with van der Waals surface area (Å²) >= 11 is 0. The van der Waals surface area contributed by atoms with Crippen molar-refractivity contribution in [2.45, 2.75) is 33.1 Å². The molecule has 188 valence electrons. The fourth-order valence-electron chi connectivity index (χ4n) is 2.77. The molecule has 1 amide bonds. The minimum Gasteiger partial charge on any atom is -0.394 e. The van der Waals surface area contributed by atoms with Gasteiger partial charge in [0, 0.05) is 26.3 Å². The molecule has 0 radical (unpaired) electrons. The molecule has 11 heteroatoms. The van der Waals surface area contributed by atoms with Crippen LogP contribution in [0.15, 0.2) is 59.0 Å². The number of hydrogen-bond acceptors (Lipinski definition) is 7. The van der Waals surface area contributed by atoms with Crippen molar-refractivity contribution in [2.24, 2.45) is 0 Å². The summed E-state index contributed by atoms with van der Waals surface area (Å²) in [5.41, 5.74) is 4.24. The lowest BCUT2D eigenvalue weighted by atomic mass is 10.2. The van der Waals surface area contributed by atoms with Gasteiger partial charge in [-0.1, -0.05) is 35.9 Å². The van der Waals surface area contributed by atoms with E-state index in [1.54, 1.807) is 50.4 Å². The number of anilines is 1. The van der Waals surface area contributed by atoms with E-state index in [0.717, 1.165) is 0 Å². The highest BCUT2D eigenvalue weighted by molar-refractivity contribution is 7.91. The molecule has 1 aromatic carbocycles. The Morgan fingerprint density at radius 1 is 1.09 bits per heavy atom. The second-order valence-electron chi connectivity index (χ2n) is 7.54. The Labute approximate surface area is 201 Å². The van der Waals surface area contributed by atoms with Gasteiger partial charge in [-0.3, -0.25) is 14.3 Å². The van der Waals surface area contributed by atoms with E-state index in [4.69, 9.17) is 4.84 Å². The molecule has 0 spiro atoms. The molecule has 2 aromatic rings. The lowest BCUT2D eigenvalue weighted by Crippen LogP contribution is -2.36. The highest BCUT2D eigenvalue weighted by Gasteiger charge is 2.16. The standard InChI is InChI=1S/C18H24N4O5S.C5H11N/c1-14-8-9-16(21-28(25,26)13-15-6-4-3-5-7-15)18(24)22(14)12-17(23)20-10-11-27-19-2;1-5(2)4-6-3/h3-9,19,21H,10-13H2,1-2H3,(H,20,23);4,6H,1-3H3. The first-order chi connectivity index (χ1) is 16.1. The smallest absolute Gasteiger partial charge is 0.275 e. The fraction of sp³-hybridized carbons (Fsp3) is 0.391. The number of rotatable bonds is 11. The Morgan fingerprint density at radius 3 is 2.32 bits per heavy atom. The minimum atomic E-state index is -3.78. The lowest BCUT2D eigenvalue weighted by Gasteiger charge is -2.13. The second-order valence-corrected chi connectivity index (χ2v) is 9.26. The van der Waals surface area contributed by atoms with Crippen LogP contribution in [0, 0.1) is 6.92 Å². The number of pyridine rings is 1. The summed E-state index contributed by atoms with van der Waals surface area (Å²) in [4.78, 5) is 29.6. The molecule has 1 heterocycles. The third-order valence-corrected chi connectivity index (χ3v) is 5.51. The monoisotopic (exact) mass is 493 g/mol. The number of sulfonamides is 1. The summed E-state index contributed by atoms with van der Waals surface area (Å²) in [5.74, 6) is -0.637. The molecule has 0 unspecified atom stereocenters. The van der Waals surface area contributed by atoms with E-state index in [9.17, 15) is 18.0 Å². The average molecular weight is 494 g/mol. The zero-order chi connectivity index (χ0) is 25.6. The van der Waals surface area contributed by atoms with Crippen LogP contribution in [0.4, 0.5) is 5.69 Å².